The fraction of sp³-hybridized carbons (Fsp3) is 0.143. The third kappa shape index (κ3) is 1.60. The lowest BCUT2D eigenvalue weighted by Gasteiger charge is -2.07. The molecule has 0 radical (unpaired) electrons. The van der Waals surface area contributed by atoms with Crippen molar-refractivity contribution in [3.8, 4) is 5.82 Å². The van der Waals surface area contributed by atoms with E-state index in [4.69, 9.17) is 0 Å². The van der Waals surface area contributed by atoms with Crippen LogP contribution in [-0.4, -0.2) is 28.9 Å². The van der Waals surface area contributed by atoms with Gasteiger partial charge in [0.1, 0.15) is 11.6 Å². The molecule has 0 saturated carbocycles. The molecule has 4 aromatic heterocycles. The number of hydrogen-bond donors (Lipinski definition) is 1. The van der Waals surface area contributed by atoms with Gasteiger partial charge in [-0.2, -0.15) is 0 Å². The lowest BCUT2D eigenvalue weighted by Crippen LogP contribution is -2.13. The molecular weight excluding hydrogens is 268 g/mol. The molecule has 21 heavy (non-hydrogen) atoms. The number of fused-ring (bicyclic) bond motifs is 3. The van der Waals surface area contributed by atoms with Crippen LogP contribution in [0.1, 0.15) is 11.5 Å². The predicted octanol–water partition coefficient (Wildman–Crippen LogP) is 1.37. The minimum absolute atomic E-state index is 0.219. The Morgan fingerprint density at radius 2 is 2.00 bits per heavy atom. The molecule has 0 aliphatic carbocycles. The number of hydrogen-bond acceptors (Lipinski definition) is 4. The highest BCUT2D eigenvalue weighted by Gasteiger charge is 2.11. The van der Waals surface area contributed by atoms with Crippen LogP contribution in [0.5, 0.6) is 0 Å². The lowest BCUT2D eigenvalue weighted by atomic mass is 10.3. The maximum atomic E-state index is 12.0. The number of rotatable bonds is 1. The minimum atomic E-state index is -0.219. The quantitative estimate of drug-likeness (QED) is 0.571. The molecule has 7 nitrogen and oxygen atoms in total. The van der Waals surface area contributed by atoms with E-state index in [1.165, 1.54) is 0 Å². The summed E-state index contributed by atoms with van der Waals surface area (Å²) in [5, 5.41) is 0. The Labute approximate surface area is 118 Å². The highest BCUT2D eigenvalue weighted by molar-refractivity contribution is 5.74. The lowest BCUT2D eigenvalue weighted by molar-refractivity contribution is 0.931. The van der Waals surface area contributed by atoms with Gasteiger partial charge >= 0.3 is 0 Å². The molecular formula is C14H12N6O. The first-order valence-corrected chi connectivity index (χ1v) is 6.52. The molecule has 7 heteroatoms. The van der Waals surface area contributed by atoms with Crippen molar-refractivity contribution in [1.29, 1.82) is 0 Å². The van der Waals surface area contributed by atoms with E-state index in [1.54, 1.807) is 16.8 Å². The molecule has 0 fully saturated rings. The van der Waals surface area contributed by atoms with Crippen molar-refractivity contribution in [1.82, 2.24) is 28.9 Å². The summed E-state index contributed by atoms with van der Waals surface area (Å²) in [5.74, 6) is 1.60. The van der Waals surface area contributed by atoms with Crippen molar-refractivity contribution in [3.63, 3.8) is 0 Å². The molecule has 0 bridgehead atoms. The van der Waals surface area contributed by atoms with Crippen LogP contribution >= 0.6 is 0 Å². The molecule has 0 spiro atoms. The fourth-order valence-corrected chi connectivity index (χ4v) is 2.50. The Morgan fingerprint density at radius 1 is 1.14 bits per heavy atom. The number of nitrogens with zero attached hydrogens (tertiary/aromatic N) is 5. The molecule has 0 amide bonds. The summed E-state index contributed by atoms with van der Waals surface area (Å²) in [6.45, 7) is 3.81. The van der Waals surface area contributed by atoms with Crippen LogP contribution in [0.4, 0.5) is 0 Å². The van der Waals surface area contributed by atoms with Gasteiger partial charge < -0.3 is 4.98 Å². The van der Waals surface area contributed by atoms with E-state index in [1.807, 2.05) is 36.7 Å². The maximum absolute atomic E-state index is 12.0. The average molecular weight is 280 g/mol. The van der Waals surface area contributed by atoms with Crippen molar-refractivity contribution in [3.05, 3.63) is 52.6 Å². The second-order valence-electron chi connectivity index (χ2n) is 4.90. The summed E-state index contributed by atoms with van der Waals surface area (Å²) in [4.78, 5) is 27.8. The zero-order valence-electron chi connectivity index (χ0n) is 11.5. The van der Waals surface area contributed by atoms with Crippen molar-refractivity contribution in [2.24, 2.45) is 0 Å². The summed E-state index contributed by atoms with van der Waals surface area (Å²) in [6, 6.07) is 3.70. The number of imidazole rings is 2. The van der Waals surface area contributed by atoms with E-state index in [-0.39, 0.29) is 5.56 Å². The van der Waals surface area contributed by atoms with Crippen LogP contribution in [-0.2, 0) is 0 Å². The summed E-state index contributed by atoms with van der Waals surface area (Å²) in [5.41, 5.74) is 2.35. The van der Waals surface area contributed by atoms with E-state index >= 15 is 0 Å². The molecule has 0 atom stereocenters. The zero-order chi connectivity index (χ0) is 14.6. The SMILES string of the molecule is Cc1nccn1-c1ccc2[nH]c(=O)c3ncc(C)n3c2n1. The Kier molecular flexibility index (Phi) is 2.26. The largest absolute Gasteiger partial charge is 0.316 e. The molecule has 4 rings (SSSR count). The Balaban J connectivity index is 2.14. The van der Waals surface area contributed by atoms with Gasteiger partial charge in [-0.05, 0) is 26.0 Å². The van der Waals surface area contributed by atoms with Gasteiger partial charge in [0.2, 0.25) is 5.65 Å². The van der Waals surface area contributed by atoms with Gasteiger partial charge in [-0.15, -0.1) is 0 Å². The standard InChI is InChI=1S/C14H12N6O/c1-8-7-16-13-14(21)17-10-3-4-11(18-12(10)20(8)13)19-6-5-15-9(19)2/h3-7H,1-2H3,(H,17,21). The maximum Gasteiger partial charge on any atom is 0.292 e. The van der Waals surface area contributed by atoms with Crippen molar-refractivity contribution in [2.45, 2.75) is 13.8 Å². The highest BCUT2D eigenvalue weighted by atomic mass is 16.1. The number of pyridine rings is 1. The minimum Gasteiger partial charge on any atom is -0.316 e. The van der Waals surface area contributed by atoms with Gasteiger partial charge in [-0.25, -0.2) is 15.0 Å². The molecule has 0 unspecified atom stereocenters. The predicted molar refractivity (Wildman–Crippen MR) is 77.7 cm³/mol. The number of aromatic nitrogens is 6. The number of nitrogens with one attached hydrogen (secondary N) is 1. The topological polar surface area (TPSA) is 80.9 Å². The molecule has 0 aliphatic rings. The van der Waals surface area contributed by atoms with Gasteiger partial charge in [0.05, 0.1) is 5.52 Å². The summed E-state index contributed by atoms with van der Waals surface area (Å²) in [7, 11) is 0. The third-order valence-electron chi connectivity index (χ3n) is 3.53. The van der Waals surface area contributed by atoms with E-state index in [2.05, 4.69) is 19.9 Å². The van der Waals surface area contributed by atoms with E-state index in [0.29, 0.717) is 16.8 Å². The molecule has 4 heterocycles. The monoisotopic (exact) mass is 280 g/mol. The van der Waals surface area contributed by atoms with Crippen molar-refractivity contribution in [2.75, 3.05) is 0 Å². The smallest absolute Gasteiger partial charge is 0.292 e. The Morgan fingerprint density at radius 3 is 2.76 bits per heavy atom. The van der Waals surface area contributed by atoms with E-state index < -0.39 is 0 Å². The van der Waals surface area contributed by atoms with Crippen LogP contribution < -0.4 is 5.56 Å². The summed E-state index contributed by atoms with van der Waals surface area (Å²) in [6.07, 6.45) is 5.25. The van der Waals surface area contributed by atoms with Crippen molar-refractivity contribution >= 4 is 16.8 Å². The van der Waals surface area contributed by atoms with Gasteiger partial charge in [-0.3, -0.25) is 13.8 Å². The summed E-state index contributed by atoms with van der Waals surface area (Å²) < 4.78 is 3.66. The van der Waals surface area contributed by atoms with Crippen LogP contribution in [0, 0.1) is 13.8 Å². The molecule has 0 aliphatic heterocycles. The second kappa shape index (κ2) is 4.02. The fourth-order valence-electron chi connectivity index (χ4n) is 2.50. The first-order valence-electron chi connectivity index (χ1n) is 6.52. The van der Waals surface area contributed by atoms with Gasteiger partial charge in [0, 0.05) is 24.3 Å². The Bertz CT molecular complexity index is 1040. The molecule has 4 aromatic rings. The molecule has 104 valence electrons. The van der Waals surface area contributed by atoms with Crippen molar-refractivity contribution < 1.29 is 0 Å². The normalized spacial score (nSPS) is 11.5. The zero-order valence-corrected chi connectivity index (χ0v) is 11.5. The van der Waals surface area contributed by atoms with Gasteiger partial charge in [0.15, 0.2) is 5.65 Å². The van der Waals surface area contributed by atoms with Crippen LogP contribution in [0.25, 0.3) is 22.6 Å². The number of aromatic amines is 1. The van der Waals surface area contributed by atoms with Crippen LogP contribution in [0.15, 0.2) is 35.5 Å². The second-order valence-corrected chi connectivity index (χ2v) is 4.90. The van der Waals surface area contributed by atoms with Crippen LogP contribution in [0.3, 0.4) is 0 Å². The van der Waals surface area contributed by atoms with E-state index in [0.717, 1.165) is 17.3 Å². The first kappa shape index (κ1) is 11.8. The third-order valence-corrected chi connectivity index (χ3v) is 3.53. The van der Waals surface area contributed by atoms with E-state index in [9.17, 15) is 4.79 Å². The molecule has 0 saturated heterocycles. The highest BCUT2D eigenvalue weighted by Crippen LogP contribution is 2.15. The number of H-pyrrole nitrogens is 1. The average Bonchev–Trinajstić information content (AvgIpc) is 3.06. The Hall–Kier alpha value is -2.96. The number of aryl methyl sites for hydroxylation is 2. The van der Waals surface area contributed by atoms with Gasteiger partial charge in [0.25, 0.3) is 5.56 Å². The summed E-state index contributed by atoms with van der Waals surface area (Å²) >= 11 is 0. The first-order chi connectivity index (χ1) is 10.1. The van der Waals surface area contributed by atoms with Gasteiger partial charge in [-0.1, -0.05) is 0 Å². The molecule has 0 aromatic carbocycles. The molecule has 1 N–H and O–H groups in total. The van der Waals surface area contributed by atoms with Crippen LogP contribution in [0.2, 0.25) is 0 Å².